The molecule has 0 atom stereocenters. The molecule has 102 valence electrons. The Hall–Kier alpha value is -1.02. The number of hydrogen-bond acceptors (Lipinski definition) is 2. The van der Waals surface area contributed by atoms with Gasteiger partial charge in [0.15, 0.2) is 0 Å². The highest BCUT2D eigenvalue weighted by molar-refractivity contribution is 5.43. The maximum absolute atomic E-state index is 3.16. The molecule has 18 heavy (non-hydrogen) atoms. The van der Waals surface area contributed by atoms with Gasteiger partial charge in [0.25, 0.3) is 0 Å². The molecule has 0 aliphatic rings. The van der Waals surface area contributed by atoms with Gasteiger partial charge < -0.3 is 5.32 Å². The van der Waals surface area contributed by atoms with Crippen molar-refractivity contribution in [2.24, 2.45) is 0 Å². The fourth-order valence-corrected chi connectivity index (χ4v) is 2.21. The summed E-state index contributed by atoms with van der Waals surface area (Å²) in [4.78, 5) is 2.57. The van der Waals surface area contributed by atoms with E-state index in [1.165, 1.54) is 50.0 Å². The molecule has 0 amide bonds. The number of nitrogens with one attached hydrogen (secondary N) is 1. The van der Waals surface area contributed by atoms with Crippen LogP contribution in [-0.4, -0.2) is 25.0 Å². The summed E-state index contributed by atoms with van der Waals surface area (Å²) in [6.07, 6.45) is 5.21. The molecule has 1 rings (SSSR count). The van der Waals surface area contributed by atoms with Crippen LogP contribution in [0.25, 0.3) is 0 Å². The fraction of sp³-hybridized carbons (Fsp3) is 0.625. The molecule has 0 radical (unpaired) electrons. The summed E-state index contributed by atoms with van der Waals surface area (Å²) >= 11 is 0. The Morgan fingerprint density at radius 2 is 1.67 bits per heavy atom. The Morgan fingerprint density at radius 1 is 0.944 bits per heavy atom. The quantitative estimate of drug-likeness (QED) is 0.661. The zero-order valence-electron chi connectivity index (χ0n) is 12.2. The lowest BCUT2D eigenvalue weighted by atomic mass is 10.1. The third-order valence-corrected chi connectivity index (χ3v) is 3.27. The first-order chi connectivity index (χ1) is 8.80. The number of benzene rings is 1. The van der Waals surface area contributed by atoms with Crippen LogP contribution in [0.15, 0.2) is 24.3 Å². The zero-order chi connectivity index (χ0) is 13.2. The fourth-order valence-electron chi connectivity index (χ4n) is 2.21. The Labute approximate surface area is 112 Å². The molecule has 0 aromatic heterocycles. The average molecular weight is 248 g/mol. The summed E-state index contributed by atoms with van der Waals surface area (Å²) in [5.41, 5.74) is 2.60. The SMILES string of the molecule is CCCCCN(CCC)Cc1ccc(NC)cc1. The van der Waals surface area contributed by atoms with E-state index in [1.54, 1.807) is 0 Å². The van der Waals surface area contributed by atoms with Crippen molar-refractivity contribution in [3.63, 3.8) is 0 Å². The third kappa shape index (κ3) is 5.54. The van der Waals surface area contributed by atoms with Crippen LogP contribution in [0.3, 0.4) is 0 Å². The molecule has 0 saturated heterocycles. The molecule has 1 N–H and O–H groups in total. The number of rotatable bonds is 9. The van der Waals surface area contributed by atoms with Crippen molar-refractivity contribution in [2.75, 3.05) is 25.5 Å². The van der Waals surface area contributed by atoms with Crippen molar-refractivity contribution in [2.45, 2.75) is 46.1 Å². The molecule has 0 fully saturated rings. The van der Waals surface area contributed by atoms with Crippen molar-refractivity contribution in [1.82, 2.24) is 4.90 Å². The second kappa shape index (κ2) is 8.98. The lowest BCUT2D eigenvalue weighted by molar-refractivity contribution is 0.260. The molecule has 1 aromatic carbocycles. The van der Waals surface area contributed by atoms with E-state index in [4.69, 9.17) is 0 Å². The Morgan fingerprint density at radius 3 is 2.22 bits per heavy atom. The molecule has 1 aromatic rings. The first-order valence-electron chi connectivity index (χ1n) is 7.29. The highest BCUT2D eigenvalue weighted by Crippen LogP contribution is 2.12. The van der Waals surface area contributed by atoms with E-state index < -0.39 is 0 Å². The van der Waals surface area contributed by atoms with Crippen LogP contribution in [0, 0.1) is 0 Å². The van der Waals surface area contributed by atoms with Crippen LogP contribution in [0.1, 0.15) is 45.1 Å². The van der Waals surface area contributed by atoms with Crippen LogP contribution in [0.5, 0.6) is 0 Å². The van der Waals surface area contributed by atoms with Gasteiger partial charge in [-0.15, -0.1) is 0 Å². The minimum absolute atomic E-state index is 1.08. The van der Waals surface area contributed by atoms with E-state index in [1.807, 2.05) is 7.05 Å². The monoisotopic (exact) mass is 248 g/mol. The van der Waals surface area contributed by atoms with Crippen molar-refractivity contribution in [3.05, 3.63) is 29.8 Å². The second-order valence-electron chi connectivity index (χ2n) is 4.93. The predicted molar refractivity (Wildman–Crippen MR) is 81.1 cm³/mol. The number of anilines is 1. The molecule has 0 heterocycles. The van der Waals surface area contributed by atoms with Crippen LogP contribution in [0.2, 0.25) is 0 Å². The highest BCUT2D eigenvalue weighted by atomic mass is 15.1. The summed E-state index contributed by atoms with van der Waals surface area (Å²) in [6.45, 7) is 8.05. The summed E-state index contributed by atoms with van der Waals surface area (Å²) < 4.78 is 0. The Kier molecular flexibility index (Phi) is 7.51. The molecule has 0 bridgehead atoms. The summed E-state index contributed by atoms with van der Waals surface area (Å²) in [5, 5.41) is 3.16. The molecular formula is C16H28N2. The van der Waals surface area contributed by atoms with E-state index in [0.717, 1.165) is 6.54 Å². The topological polar surface area (TPSA) is 15.3 Å². The standard InChI is InChI=1S/C16H28N2/c1-4-6-7-13-18(12-5-2)14-15-8-10-16(17-3)11-9-15/h8-11,17H,4-7,12-14H2,1-3H3. The van der Waals surface area contributed by atoms with E-state index in [2.05, 4.69) is 48.3 Å². The summed E-state index contributed by atoms with van der Waals surface area (Å²) in [6, 6.07) is 8.78. The van der Waals surface area contributed by atoms with Gasteiger partial charge in [0.2, 0.25) is 0 Å². The van der Waals surface area contributed by atoms with Crippen molar-refractivity contribution in [3.8, 4) is 0 Å². The van der Waals surface area contributed by atoms with Gasteiger partial charge in [-0.1, -0.05) is 38.8 Å². The summed E-state index contributed by atoms with van der Waals surface area (Å²) in [7, 11) is 1.96. The normalized spacial score (nSPS) is 10.9. The maximum Gasteiger partial charge on any atom is 0.0337 e. The van der Waals surface area contributed by atoms with Gasteiger partial charge in [-0.25, -0.2) is 0 Å². The third-order valence-electron chi connectivity index (χ3n) is 3.27. The Balaban J connectivity index is 2.47. The van der Waals surface area contributed by atoms with Gasteiger partial charge >= 0.3 is 0 Å². The van der Waals surface area contributed by atoms with Crippen LogP contribution in [0.4, 0.5) is 5.69 Å². The minimum atomic E-state index is 1.08. The molecule has 2 nitrogen and oxygen atoms in total. The van der Waals surface area contributed by atoms with E-state index >= 15 is 0 Å². The second-order valence-corrected chi connectivity index (χ2v) is 4.93. The van der Waals surface area contributed by atoms with Crippen LogP contribution >= 0.6 is 0 Å². The van der Waals surface area contributed by atoms with Gasteiger partial charge in [-0.3, -0.25) is 4.90 Å². The lowest BCUT2D eigenvalue weighted by Gasteiger charge is -2.21. The molecule has 0 aliphatic carbocycles. The Bertz CT molecular complexity index is 305. The number of hydrogen-bond donors (Lipinski definition) is 1. The smallest absolute Gasteiger partial charge is 0.0337 e. The average Bonchev–Trinajstić information content (AvgIpc) is 2.40. The van der Waals surface area contributed by atoms with E-state index in [-0.39, 0.29) is 0 Å². The largest absolute Gasteiger partial charge is 0.388 e. The van der Waals surface area contributed by atoms with Gasteiger partial charge in [0.05, 0.1) is 0 Å². The number of unbranched alkanes of at least 4 members (excludes halogenated alkanes) is 2. The lowest BCUT2D eigenvalue weighted by Crippen LogP contribution is -2.25. The van der Waals surface area contributed by atoms with E-state index in [0.29, 0.717) is 0 Å². The molecule has 0 spiro atoms. The maximum atomic E-state index is 3.16. The molecular weight excluding hydrogens is 220 g/mol. The predicted octanol–water partition coefficient (Wildman–Crippen LogP) is 4.13. The molecule has 0 unspecified atom stereocenters. The van der Waals surface area contributed by atoms with E-state index in [9.17, 15) is 0 Å². The van der Waals surface area contributed by atoms with Gasteiger partial charge in [0.1, 0.15) is 0 Å². The van der Waals surface area contributed by atoms with Gasteiger partial charge in [-0.05, 0) is 43.6 Å². The zero-order valence-corrected chi connectivity index (χ0v) is 12.2. The molecule has 0 saturated carbocycles. The highest BCUT2D eigenvalue weighted by Gasteiger charge is 2.04. The first kappa shape index (κ1) is 15.0. The van der Waals surface area contributed by atoms with Gasteiger partial charge in [0, 0.05) is 19.3 Å². The van der Waals surface area contributed by atoms with Crippen molar-refractivity contribution >= 4 is 5.69 Å². The van der Waals surface area contributed by atoms with Crippen molar-refractivity contribution < 1.29 is 0 Å². The summed E-state index contributed by atoms with van der Waals surface area (Å²) in [5.74, 6) is 0. The van der Waals surface area contributed by atoms with Crippen LogP contribution in [-0.2, 0) is 6.54 Å². The van der Waals surface area contributed by atoms with Crippen molar-refractivity contribution in [1.29, 1.82) is 0 Å². The molecule has 0 aliphatic heterocycles. The number of nitrogens with zero attached hydrogens (tertiary/aromatic N) is 1. The molecule has 2 heteroatoms. The van der Waals surface area contributed by atoms with Gasteiger partial charge in [-0.2, -0.15) is 0 Å². The first-order valence-corrected chi connectivity index (χ1v) is 7.29. The minimum Gasteiger partial charge on any atom is -0.388 e. The van der Waals surface area contributed by atoms with Crippen LogP contribution < -0.4 is 5.32 Å².